The van der Waals surface area contributed by atoms with Crippen LogP contribution in [0.2, 0.25) is 0 Å². The highest BCUT2D eigenvalue weighted by atomic mass is 35.5. The topological polar surface area (TPSA) is 54.5 Å². The van der Waals surface area contributed by atoms with Crippen LogP contribution in [0.5, 0.6) is 0 Å². The Morgan fingerprint density at radius 2 is 1.74 bits per heavy atom. The van der Waals surface area contributed by atoms with Crippen LogP contribution in [-0.2, 0) is 4.79 Å². The maximum atomic E-state index is 12.3. The third-order valence-electron chi connectivity index (χ3n) is 3.57. The van der Waals surface area contributed by atoms with Crippen LogP contribution in [0.4, 0.5) is 0 Å². The van der Waals surface area contributed by atoms with Crippen molar-refractivity contribution in [3.8, 4) is 0 Å². The molecule has 1 atom stereocenters. The number of amides is 2. The lowest BCUT2D eigenvalue weighted by Crippen LogP contribution is -2.38. The minimum absolute atomic E-state index is 0.310. The van der Waals surface area contributed by atoms with Crippen molar-refractivity contribution in [1.82, 2.24) is 4.90 Å². The molecule has 3 rings (SSSR count). The van der Waals surface area contributed by atoms with Crippen molar-refractivity contribution < 1.29 is 14.4 Å². The zero-order valence-electron chi connectivity index (χ0n) is 9.93. The van der Waals surface area contributed by atoms with Crippen LogP contribution in [0.1, 0.15) is 33.6 Å². The first-order chi connectivity index (χ1) is 9.15. The molecule has 2 amide bonds. The number of fused-ring (bicyclic) bond motifs is 1. The lowest BCUT2D eigenvalue weighted by molar-refractivity contribution is -0.105. The number of allylic oxidation sites excluding steroid dienone is 1. The molecule has 1 aliphatic carbocycles. The minimum atomic E-state index is -0.505. The van der Waals surface area contributed by atoms with Gasteiger partial charge < -0.3 is 0 Å². The first kappa shape index (κ1) is 12.1. The van der Waals surface area contributed by atoms with E-state index >= 15 is 0 Å². The third kappa shape index (κ3) is 1.64. The summed E-state index contributed by atoms with van der Waals surface area (Å²) >= 11 is 6.10. The van der Waals surface area contributed by atoms with Crippen LogP contribution in [0.15, 0.2) is 34.9 Å². The normalized spacial score (nSPS) is 22.2. The average molecular weight is 276 g/mol. The molecule has 5 heteroatoms. The number of rotatable bonds is 2. The van der Waals surface area contributed by atoms with Gasteiger partial charge in [-0.25, -0.2) is 0 Å². The molecule has 0 saturated carbocycles. The number of carbonyl (C=O) groups excluding carboxylic acids is 3. The molecule has 4 nitrogen and oxygen atoms in total. The van der Waals surface area contributed by atoms with E-state index in [0.717, 1.165) is 0 Å². The Balaban J connectivity index is 2.02. The van der Waals surface area contributed by atoms with Gasteiger partial charge in [-0.1, -0.05) is 23.7 Å². The van der Waals surface area contributed by atoms with Gasteiger partial charge in [0.2, 0.25) is 0 Å². The van der Waals surface area contributed by atoms with E-state index in [4.69, 9.17) is 11.6 Å². The predicted molar refractivity (Wildman–Crippen MR) is 68.9 cm³/mol. The lowest BCUT2D eigenvalue weighted by atomic mass is 10.1. The number of nitrogens with zero attached hydrogens (tertiary/aromatic N) is 1. The highest BCUT2D eigenvalue weighted by Gasteiger charge is 2.42. The molecule has 1 aromatic carbocycles. The average Bonchev–Trinajstić information content (AvgIpc) is 2.90. The summed E-state index contributed by atoms with van der Waals surface area (Å²) in [6.07, 6.45) is 1.71. The largest absolute Gasteiger partial charge is 0.298 e. The standard InChI is InChI=1S/C14H10ClNO3/c15-12-8(7-17)5-6-11(12)16-13(18)9-3-1-2-4-10(9)14(16)19/h1-4,7,11H,5-6H2. The Hall–Kier alpha value is -1.94. The van der Waals surface area contributed by atoms with E-state index < -0.39 is 6.04 Å². The lowest BCUT2D eigenvalue weighted by Gasteiger charge is -2.22. The van der Waals surface area contributed by atoms with Gasteiger partial charge in [-0.3, -0.25) is 19.3 Å². The smallest absolute Gasteiger partial charge is 0.262 e. The van der Waals surface area contributed by atoms with Gasteiger partial charge in [-0.05, 0) is 25.0 Å². The summed E-state index contributed by atoms with van der Waals surface area (Å²) in [5.74, 6) is -0.674. The SMILES string of the molecule is O=CC1=C(Cl)C(N2C(=O)c3ccccc3C2=O)CC1. The summed E-state index contributed by atoms with van der Waals surface area (Å²) in [7, 11) is 0. The monoisotopic (exact) mass is 275 g/mol. The van der Waals surface area contributed by atoms with E-state index in [1.165, 1.54) is 4.90 Å². The molecule has 2 aliphatic rings. The molecule has 0 bridgehead atoms. The zero-order valence-corrected chi connectivity index (χ0v) is 10.7. The molecule has 1 heterocycles. The van der Waals surface area contributed by atoms with Crippen molar-refractivity contribution in [1.29, 1.82) is 0 Å². The van der Waals surface area contributed by atoms with Crippen LogP contribution in [0, 0.1) is 0 Å². The van der Waals surface area contributed by atoms with Gasteiger partial charge in [-0.15, -0.1) is 0 Å². The number of aldehydes is 1. The minimum Gasteiger partial charge on any atom is -0.298 e. The number of benzene rings is 1. The molecular formula is C14H10ClNO3. The van der Waals surface area contributed by atoms with E-state index in [2.05, 4.69) is 0 Å². The molecule has 19 heavy (non-hydrogen) atoms. The molecule has 96 valence electrons. The highest BCUT2D eigenvalue weighted by molar-refractivity contribution is 6.33. The second-order valence-electron chi connectivity index (χ2n) is 4.57. The van der Waals surface area contributed by atoms with Crippen molar-refractivity contribution >= 4 is 29.7 Å². The first-order valence-corrected chi connectivity index (χ1v) is 6.33. The van der Waals surface area contributed by atoms with Gasteiger partial charge in [0.1, 0.15) is 6.29 Å². The highest BCUT2D eigenvalue weighted by Crippen LogP contribution is 2.36. The molecule has 0 N–H and O–H groups in total. The van der Waals surface area contributed by atoms with E-state index in [-0.39, 0.29) is 11.8 Å². The summed E-state index contributed by atoms with van der Waals surface area (Å²) in [5, 5.41) is 0.310. The summed E-state index contributed by atoms with van der Waals surface area (Å²) in [5.41, 5.74) is 1.27. The first-order valence-electron chi connectivity index (χ1n) is 5.95. The summed E-state index contributed by atoms with van der Waals surface area (Å²) in [6, 6.07) is 6.19. The van der Waals surface area contributed by atoms with Crippen LogP contribution < -0.4 is 0 Å². The Bertz CT molecular complexity index is 600. The van der Waals surface area contributed by atoms with Crippen LogP contribution >= 0.6 is 11.6 Å². The van der Waals surface area contributed by atoms with Gasteiger partial charge in [0.05, 0.1) is 17.2 Å². The second kappa shape index (κ2) is 4.31. The Labute approximate surface area is 114 Å². The zero-order chi connectivity index (χ0) is 13.6. The van der Waals surface area contributed by atoms with Crippen LogP contribution in [-0.4, -0.2) is 29.0 Å². The number of carbonyl (C=O) groups is 3. The third-order valence-corrected chi connectivity index (χ3v) is 4.06. The number of halogens is 1. The Morgan fingerprint density at radius 3 is 2.21 bits per heavy atom. The van der Waals surface area contributed by atoms with E-state index in [9.17, 15) is 14.4 Å². The maximum absolute atomic E-state index is 12.3. The molecule has 1 unspecified atom stereocenters. The maximum Gasteiger partial charge on any atom is 0.262 e. The molecular weight excluding hydrogens is 266 g/mol. The fraction of sp³-hybridized carbons (Fsp3) is 0.214. The van der Waals surface area contributed by atoms with E-state index in [1.54, 1.807) is 24.3 Å². The molecule has 1 aromatic rings. The van der Waals surface area contributed by atoms with Gasteiger partial charge in [0.15, 0.2) is 0 Å². The van der Waals surface area contributed by atoms with Crippen molar-refractivity contribution in [3.63, 3.8) is 0 Å². The van der Waals surface area contributed by atoms with E-state index in [1.807, 2.05) is 0 Å². The number of hydrogen-bond donors (Lipinski definition) is 0. The fourth-order valence-corrected chi connectivity index (χ4v) is 2.95. The summed E-state index contributed by atoms with van der Waals surface area (Å²) in [4.78, 5) is 36.5. The molecule has 0 radical (unpaired) electrons. The summed E-state index contributed by atoms with van der Waals surface area (Å²) < 4.78 is 0. The van der Waals surface area contributed by atoms with Crippen molar-refractivity contribution in [2.75, 3.05) is 0 Å². The van der Waals surface area contributed by atoms with Crippen LogP contribution in [0.3, 0.4) is 0 Å². The van der Waals surface area contributed by atoms with Crippen LogP contribution in [0.25, 0.3) is 0 Å². The predicted octanol–water partition coefficient (Wildman–Crippen LogP) is 2.14. The molecule has 1 aliphatic heterocycles. The van der Waals surface area contributed by atoms with Gasteiger partial charge >= 0.3 is 0 Å². The number of hydrogen-bond acceptors (Lipinski definition) is 3. The molecule has 0 aromatic heterocycles. The second-order valence-corrected chi connectivity index (χ2v) is 4.98. The van der Waals surface area contributed by atoms with Crippen molar-refractivity contribution in [2.45, 2.75) is 18.9 Å². The molecule has 0 fully saturated rings. The summed E-state index contributed by atoms with van der Waals surface area (Å²) in [6.45, 7) is 0. The van der Waals surface area contributed by atoms with Crippen molar-refractivity contribution in [3.05, 3.63) is 46.0 Å². The quantitative estimate of drug-likeness (QED) is 0.614. The fourth-order valence-electron chi connectivity index (χ4n) is 2.60. The van der Waals surface area contributed by atoms with Crippen molar-refractivity contribution in [2.24, 2.45) is 0 Å². The van der Waals surface area contributed by atoms with Gasteiger partial charge in [-0.2, -0.15) is 0 Å². The van der Waals surface area contributed by atoms with Gasteiger partial charge in [0.25, 0.3) is 11.8 Å². The molecule has 0 saturated heterocycles. The van der Waals surface area contributed by atoms with E-state index in [0.29, 0.717) is 40.9 Å². The Morgan fingerprint density at radius 1 is 1.16 bits per heavy atom. The Kier molecular flexibility index (Phi) is 2.75. The number of imide groups is 1. The molecule has 0 spiro atoms. The van der Waals surface area contributed by atoms with Gasteiger partial charge in [0, 0.05) is 10.6 Å².